The number of rotatable bonds is 6. The first-order chi connectivity index (χ1) is 9.72. The van der Waals surface area contributed by atoms with Crippen molar-refractivity contribution in [3.05, 3.63) is 22.8 Å². The number of nitrogens with one attached hydrogen (secondary N) is 1. The summed E-state index contributed by atoms with van der Waals surface area (Å²) in [4.78, 5) is 9.63. The maximum atomic E-state index is 4.82. The highest BCUT2D eigenvalue weighted by atomic mass is 14.9. The van der Waals surface area contributed by atoms with Gasteiger partial charge in [0, 0.05) is 23.9 Å². The van der Waals surface area contributed by atoms with E-state index < -0.39 is 0 Å². The van der Waals surface area contributed by atoms with Gasteiger partial charge in [-0.15, -0.1) is 0 Å². The van der Waals surface area contributed by atoms with E-state index in [1.54, 1.807) is 0 Å². The molecule has 1 saturated carbocycles. The van der Waals surface area contributed by atoms with Gasteiger partial charge in [0.05, 0.1) is 0 Å². The van der Waals surface area contributed by atoms with Crippen LogP contribution in [0.3, 0.4) is 0 Å². The molecule has 2 atom stereocenters. The van der Waals surface area contributed by atoms with Crippen molar-refractivity contribution in [3.63, 3.8) is 0 Å². The topological polar surface area (TPSA) is 37.8 Å². The fraction of sp³-hybridized carbons (Fsp3) is 0.778. The first-order valence-corrected chi connectivity index (χ1v) is 8.28. The molecular formula is C18H31N3. The van der Waals surface area contributed by atoms with Crippen molar-refractivity contribution >= 4 is 0 Å². The van der Waals surface area contributed by atoms with Crippen LogP contribution in [0.5, 0.6) is 0 Å². The molecule has 1 fully saturated rings. The average molecular weight is 289 g/mol. The Morgan fingerprint density at radius 1 is 1.10 bits per heavy atom. The van der Waals surface area contributed by atoms with Crippen LogP contribution in [-0.2, 0) is 0 Å². The van der Waals surface area contributed by atoms with Gasteiger partial charge in [-0.2, -0.15) is 0 Å². The SMILES string of the molecule is Cc1nc(C2CC2(C)C)nc(C)c1C(C)CNCC(C)C. The molecule has 0 radical (unpaired) electrons. The molecule has 0 spiro atoms. The second-order valence-corrected chi connectivity index (χ2v) is 7.86. The Morgan fingerprint density at radius 3 is 2.05 bits per heavy atom. The zero-order valence-corrected chi connectivity index (χ0v) is 14.7. The molecule has 21 heavy (non-hydrogen) atoms. The van der Waals surface area contributed by atoms with Crippen LogP contribution in [0.2, 0.25) is 0 Å². The van der Waals surface area contributed by atoms with E-state index in [-0.39, 0.29) is 0 Å². The predicted molar refractivity (Wildman–Crippen MR) is 88.8 cm³/mol. The number of aryl methyl sites for hydroxylation is 2. The zero-order chi connectivity index (χ0) is 15.8. The Kier molecular flexibility index (Phi) is 4.72. The highest BCUT2D eigenvalue weighted by Gasteiger charge is 2.48. The summed E-state index contributed by atoms with van der Waals surface area (Å²) in [6, 6.07) is 0. The Bertz CT molecular complexity index is 482. The fourth-order valence-corrected chi connectivity index (χ4v) is 3.22. The molecule has 1 aliphatic rings. The van der Waals surface area contributed by atoms with Crippen molar-refractivity contribution in [2.45, 2.75) is 66.7 Å². The minimum absolute atomic E-state index is 0.394. The molecule has 118 valence electrons. The molecule has 3 heteroatoms. The number of nitrogens with zero attached hydrogens (tertiary/aromatic N) is 2. The lowest BCUT2D eigenvalue weighted by Gasteiger charge is -2.19. The Balaban J connectivity index is 2.10. The summed E-state index contributed by atoms with van der Waals surface area (Å²) in [7, 11) is 0. The molecule has 2 rings (SSSR count). The van der Waals surface area contributed by atoms with Gasteiger partial charge in [0.2, 0.25) is 0 Å². The first kappa shape index (κ1) is 16.4. The van der Waals surface area contributed by atoms with Crippen LogP contribution in [0.15, 0.2) is 0 Å². The Hall–Kier alpha value is -0.960. The lowest BCUT2D eigenvalue weighted by Crippen LogP contribution is -2.25. The second kappa shape index (κ2) is 6.04. The van der Waals surface area contributed by atoms with E-state index in [0.717, 1.165) is 18.9 Å². The molecule has 1 aromatic rings. The number of hydrogen-bond acceptors (Lipinski definition) is 3. The molecule has 0 aliphatic heterocycles. The van der Waals surface area contributed by atoms with Gasteiger partial charge in [-0.1, -0.05) is 34.6 Å². The van der Waals surface area contributed by atoms with E-state index in [4.69, 9.17) is 9.97 Å². The van der Waals surface area contributed by atoms with E-state index in [9.17, 15) is 0 Å². The molecule has 0 saturated heterocycles. The molecule has 0 bridgehead atoms. The normalized spacial score (nSPS) is 21.6. The molecule has 0 amide bonds. The van der Waals surface area contributed by atoms with Gasteiger partial charge >= 0.3 is 0 Å². The smallest absolute Gasteiger partial charge is 0.132 e. The van der Waals surface area contributed by atoms with Gasteiger partial charge in [0.15, 0.2) is 0 Å². The van der Waals surface area contributed by atoms with Crippen molar-refractivity contribution in [3.8, 4) is 0 Å². The molecule has 1 heterocycles. The molecule has 1 aromatic heterocycles. The van der Waals surface area contributed by atoms with Gasteiger partial charge in [-0.3, -0.25) is 0 Å². The monoisotopic (exact) mass is 289 g/mol. The molecule has 2 unspecified atom stereocenters. The van der Waals surface area contributed by atoms with Gasteiger partial charge in [0.1, 0.15) is 5.82 Å². The third-order valence-corrected chi connectivity index (χ3v) is 4.67. The first-order valence-electron chi connectivity index (χ1n) is 8.28. The summed E-state index contributed by atoms with van der Waals surface area (Å²) in [5.74, 6) is 2.76. The van der Waals surface area contributed by atoms with Crippen molar-refractivity contribution in [2.24, 2.45) is 11.3 Å². The van der Waals surface area contributed by atoms with Crippen LogP contribution in [0, 0.1) is 25.2 Å². The molecule has 3 nitrogen and oxygen atoms in total. The van der Waals surface area contributed by atoms with Crippen LogP contribution in [0.25, 0.3) is 0 Å². The highest BCUT2D eigenvalue weighted by molar-refractivity contribution is 5.30. The summed E-state index contributed by atoms with van der Waals surface area (Å²) >= 11 is 0. The lowest BCUT2D eigenvalue weighted by atomic mass is 9.97. The van der Waals surface area contributed by atoms with Crippen LogP contribution in [-0.4, -0.2) is 23.1 Å². The van der Waals surface area contributed by atoms with Crippen LogP contribution in [0.4, 0.5) is 0 Å². The van der Waals surface area contributed by atoms with Crippen molar-refractivity contribution in [1.82, 2.24) is 15.3 Å². The highest BCUT2D eigenvalue weighted by Crippen LogP contribution is 2.57. The standard InChI is InChI=1S/C18H31N3/c1-11(2)9-19-10-12(3)16-13(4)20-17(21-14(16)5)15-8-18(15,6)7/h11-12,15,19H,8-10H2,1-7H3. The summed E-state index contributed by atoms with van der Waals surface area (Å²) in [6.07, 6.45) is 1.22. The van der Waals surface area contributed by atoms with Gasteiger partial charge in [-0.25, -0.2) is 9.97 Å². The third kappa shape index (κ3) is 3.82. The quantitative estimate of drug-likeness (QED) is 0.861. The van der Waals surface area contributed by atoms with Crippen molar-refractivity contribution in [2.75, 3.05) is 13.1 Å². The van der Waals surface area contributed by atoms with Crippen LogP contribution < -0.4 is 5.32 Å². The molecule has 1 aliphatic carbocycles. The molecule has 1 N–H and O–H groups in total. The minimum atomic E-state index is 0.394. The predicted octanol–water partition coefficient (Wildman–Crippen LogP) is 3.96. The summed E-state index contributed by atoms with van der Waals surface area (Å²) in [5, 5.41) is 3.54. The van der Waals surface area contributed by atoms with Crippen molar-refractivity contribution < 1.29 is 0 Å². The molecular weight excluding hydrogens is 258 g/mol. The lowest BCUT2D eigenvalue weighted by molar-refractivity contribution is 0.525. The van der Waals surface area contributed by atoms with E-state index in [1.165, 1.54) is 23.4 Å². The van der Waals surface area contributed by atoms with Gasteiger partial charge in [-0.05, 0) is 49.6 Å². The third-order valence-electron chi connectivity index (χ3n) is 4.67. The zero-order valence-electron chi connectivity index (χ0n) is 14.7. The van der Waals surface area contributed by atoms with E-state index in [1.807, 2.05) is 0 Å². The average Bonchev–Trinajstić information content (AvgIpc) is 2.97. The van der Waals surface area contributed by atoms with E-state index in [2.05, 4.69) is 53.8 Å². The van der Waals surface area contributed by atoms with Gasteiger partial charge in [0.25, 0.3) is 0 Å². The van der Waals surface area contributed by atoms with Gasteiger partial charge < -0.3 is 5.32 Å². The summed E-state index contributed by atoms with van der Waals surface area (Å²) in [5.41, 5.74) is 4.05. The molecule has 0 aromatic carbocycles. The minimum Gasteiger partial charge on any atom is -0.316 e. The Labute approximate surface area is 130 Å². The van der Waals surface area contributed by atoms with Crippen LogP contribution >= 0.6 is 0 Å². The van der Waals surface area contributed by atoms with Crippen molar-refractivity contribution in [1.29, 1.82) is 0 Å². The summed E-state index contributed by atoms with van der Waals surface area (Å²) in [6.45, 7) is 17.7. The van der Waals surface area contributed by atoms with Crippen LogP contribution in [0.1, 0.15) is 75.7 Å². The maximum absolute atomic E-state index is 4.82. The Morgan fingerprint density at radius 2 is 1.62 bits per heavy atom. The number of hydrogen-bond donors (Lipinski definition) is 1. The van der Waals surface area contributed by atoms with E-state index >= 15 is 0 Å². The maximum Gasteiger partial charge on any atom is 0.132 e. The van der Waals surface area contributed by atoms with E-state index in [0.29, 0.717) is 23.2 Å². The summed E-state index contributed by atoms with van der Waals surface area (Å²) < 4.78 is 0. The second-order valence-electron chi connectivity index (χ2n) is 7.86. The largest absolute Gasteiger partial charge is 0.316 e. The number of aromatic nitrogens is 2. The fourth-order valence-electron chi connectivity index (χ4n) is 3.22.